The number of hydrogen-bond donors (Lipinski definition) is 0. The number of fused-ring (bicyclic) bond motifs is 2. The third-order valence-electron chi connectivity index (χ3n) is 4.93. The molecule has 0 radical (unpaired) electrons. The number of allylic oxidation sites excluding steroid dienone is 1. The second-order valence-corrected chi connectivity index (χ2v) is 6.43. The van der Waals surface area contributed by atoms with Crippen molar-refractivity contribution in [2.75, 3.05) is 11.4 Å². The van der Waals surface area contributed by atoms with Crippen LogP contribution in [0.4, 0.5) is 11.5 Å². The summed E-state index contributed by atoms with van der Waals surface area (Å²) < 4.78 is 0. The smallest absolute Gasteiger partial charge is 0.180 e. The number of aryl methyl sites for hydroxylation is 2. The van der Waals surface area contributed by atoms with Crippen LogP contribution in [0.25, 0.3) is 0 Å². The van der Waals surface area contributed by atoms with E-state index in [0.29, 0.717) is 11.5 Å². The molecular weight excluding hydrogens is 308 g/mol. The Morgan fingerprint density at radius 3 is 2.80 bits per heavy atom. The minimum Gasteiger partial charge on any atom is -0.326 e. The van der Waals surface area contributed by atoms with Gasteiger partial charge in [-0.3, -0.25) is 4.99 Å². The van der Waals surface area contributed by atoms with Crippen LogP contribution in [0, 0.1) is 0 Å². The van der Waals surface area contributed by atoms with Crippen molar-refractivity contribution in [1.29, 1.82) is 0 Å². The van der Waals surface area contributed by atoms with Crippen LogP contribution >= 0.6 is 0 Å². The third-order valence-corrected chi connectivity index (χ3v) is 4.93. The molecule has 2 aromatic rings. The third kappa shape index (κ3) is 2.78. The molecule has 0 spiro atoms. The summed E-state index contributed by atoms with van der Waals surface area (Å²) in [6.45, 7) is 8.53. The summed E-state index contributed by atoms with van der Waals surface area (Å²) >= 11 is 0. The number of para-hydroxylation sites is 1. The molecule has 0 N–H and O–H groups in total. The van der Waals surface area contributed by atoms with Gasteiger partial charge in [-0.2, -0.15) is 0 Å². The zero-order valence-corrected chi connectivity index (χ0v) is 14.4. The molecule has 2 aliphatic rings. The van der Waals surface area contributed by atoms with Gasteiger partial charge in [0.05, 0.1) is 0 Å². The van der Waals surface area contributed by atoms with Gasteiger partial charge in [-0.15, -0.1) is 0 Å². The quantitative estimate of drug-likeness (QED) is 0.790. The molecule has 1 aromatic heterocycles. The number of hydrogen-bond acceptors (Lipinski definition) is 4. The normalized spacial score (nSPS) is 16.3. The van der Waals surface area contributed by atoms with E-state index >= 15 is 0 Å². The first kappa shape index (κ1) is 15.8. The van der Waals surface area contributed by atoms with Crippen LogP contribution in [0.1, 0.15) is 35.5 Å². The first-order valence-corrected chi connectivity index (χ1v) is 8.88. The Morgan fingerprint density at radius 1 is 1.08 bits per heavy atom. The summed E-state index contributed by atoms with van der Waals surface area (Å²) in [5.74, 6) is 1.69. The van der Waals surface area contributed by atoms with Gasteiger partial charge in [0.25, 0.3) is 0 Å². The van der Waals surface area contributed by atoms with Crippen LogP contribution in [0.15, 0.2) is 54.7 Å². The fraction of sp³-hybridized carbons (Fsp3) is 0.286. The molecule has 2 heterocycles. The monoisotopic (exact) mass is 330 g/mol. The Labute approximate surface area is 148 Å². The lowest BCUT2D eigenvalue weighted by Crippen LogP contribution is -2.27. The summed E-state index contributed by atoms with van der Waals surface area (Å²) in [6, 6.07) is 8.64. The van der Waals surface area contributed by atoms with Crippen molar-refractivity contribution >= 4 is 17.2 Å². The number of benzene rings is 1. The van der Waals surface area contributed by atoms with Gasteiger partial charge in [-0.25, -0.2) is 9.97 Å². The lowest BCUT2D eigenvalue weighted by atomic mass is 10.0. The molecule has 4 rings (SSSR count). The van der Waals surface area contributed by atoms with E-state index in [1.807, 2.05) is 0 Å². The SMILES string of the molecule is C=CN=C(C=C)c1nc2c(c(N3CCCc4ccccc43)n1)CCC2. The van der Waals surface area contributed by atoms with Crippen molar-refractivity contribution in [3.8, 4) is 0 Å². The minimum absolute atomic E-state index is 0.647. The van der Waals surface area contributed by atoms with Crippen LogP contribution in [0.5, 0.6) is 0 Å². The van der Waals surface area contributed by atoms with E-state index in [9.17, 15) is 0 Å². The van der Waals surface area contributed by atoms with Gasteiger partial charge in [-0.05, 0) is 49.8 Å². The molecule has 0 atom stereocenters. The van der Waals surface area contributed by atoms with Gasteiger partial charge >= 0.3 is 0 Å². The van der Waals surface area contributed by atoms with Gasteiger partial charge in [0.15, 0.2) is 5.82 Å². The molecule has 0 amide bonds. The maximum atomic E-state index is 4.92. The molecule has 0 saturated carbocycles. The van der Waals surface area contributed by atoms with Crippen LogP contribution in [-0.4, -0.2) is 22.2 Å². The summed E-state index contributed by atoms with van der Waals surface area (Å²) in [5.41, 5.74) is 5.79. The van der Waals surface area contributed by atoms with Gasteiger partial charge in [0, 0.05) is 29.7 Å². The summed E-state index contributed by atoms with van der Waals surface area (Å²) in [7, 11) is 0. The number of nitrogens with zero attached hydrogens (tertiary/aromatic N) is 4. The van der Waals surface area contributed by atoms with Crippen LogP contribution in [0.3, 0.4) is 0 Å². The standard InChI is InChI=1S/C21H22N4/c1-3-17(22-4-2)20-23-18-12-7-11-16(18)21(24-20)25-14-8-10-15-9-5-6-13-19(15)25/h3-6,9,13H,1-2,7-8,10-12,14H2. The molecule has 126 valence electrons. The van der Waals surface area contributed by atoms with E-state index in [1.54, 1.807) is 6.08 Å². The van der Waals surface area contributed by atoms with Gasteiger partial charge in [-0.1, -0.05) is 31.4 Å². The van der Waals surface area contributed by atoms with E-state index in [2.05, 4.69) is 47.3 Å². The van der Waals surface area contributed by atoms with Crippen molar-refractivity contribution in [2.24, 2.45) is 4.99 Å². The molecular formula is C21H22N4. The number of aromatic nitrogens is 2. The zero-order valence-electron chi connectivity index (χ0n) is 14.4. The number of anilines is 2. The lowest BCUT2D eigenvalue weighted by Gasteiger charge is -2.32. The van der Waals surface area contributed by atoms with E-state index in [4.69, 9.17) is 9.97 Å². The molecule has 1 aromatic carbocycles. The van der Waals surface area contributed by atoms with E-state index in [1.165, 1.54) is 23.0 Å². The topological polar surface area (TPSA) is 41.4 Å². The Hall–Kier alpha value is -2.75. The van der Waals surface area contributed by atoms with Crippen LogP contribution in [-0.2, 0) is 19.3 Å². The zero-order chi connectivity index (χ0) is 17.2. The predicted molar refractivity (Wildman–Crippen MR) is 103 cm³/mol. The van der Waals surface area contributed by atoms with Crippen molar-refractivity contribution in [3.05, 3.63) is 72.3 Å². The van der Waals surface area contributed by atoms with Gasteiger partial charge in [0.2, 0.25) is 0 Å². The highest BCUT2D eigenvalue weighted by atomic mass is 15.2. The van der Waals surface area contributed by atoms with Crippen molar-refractivity contribution < 1.29 is 0 Å². The predicted octanol–water partition coefficient (Wildman–Crippen LogP) is 4.17. The molecule has 4 nitrogen and oxygen atoms in total. The summed E-state index contributed by atoms with van der Waals surface area (Å²) in [4.78, 5) is 16.3. The van der Waals surface area contributed by atoms with Gasteiger partial charge < -0.3 is 4.90 Å². The average molecular weight is 330 g/mol. The Balaban J connectivity index is 1.88. The number of rotatable bonds is 4. The largest absolute Gasteiger partial charge is 0.326 e. The van der Waals surface area contributed by atoms with E-state index in [0.717, 1.165) is 50.2 Å². The Kier molecular flexibility index (Phi) is 4.18. The highest BCUT2D eigenvalue weighted by Gasteiger charge is 2.27. The summed E-state index contributed by atoms with van der Waals surface area (Å²) in [5, 5.41) is 0. The highest BCUT2D eigenvalue weighted by molar-refractivity contribution is 6.06. The molecule has 1 aliphatic carbocycles. The molecule has 0 saturated heterocycles. The maximum absolute atomic E-state index is 4.92. The van der Waals surface area contributed by atoms with E-state index in [-0.39, 0.29) is 0 Å². The molecule has 1 aliphatic heterocycles. The fourth-order valence-corrected chi connectivity index (χ4v) is 3.80. The number of aliphatic imine (C=N–C) groups is 1. The van der Waals surface area contributed by atoms with Crippen molar-refractivity contribution in [3.63, 3.8) is 0 Å². The average Bonchev–Trinajstić information content (AvgIpc) is 3.13. The Morgan fingerprint density at radius 2 is 1.96 bits per heavy atom. The summed E-state index contributed by atoms with van der Waals surface area (Å²) in [6.07, 6.45) is 8.67. The van der Waals surface area contributed by atoms with Gasteiger partial charge in [0.1, 0.15) is 11.5 Å². The molecule has 0 fully saturated rings. The fourth-order valence-electron chi connectivity index (χ4n) is 3.80. The van der Waals surface area contributed by atoms with Crippen LogP contribution < -0.4 is 4.90 Å². The second kappa shape index (κ2) is 6.63. The molecule has 0 unspecified atom stereocenters. The maximum Gasteiger partial charge on any atom is 0.180 e. The minimum atomic E-state index is 0.647. The molecule has 25 heavy (non-hydrogen) atoms. The first-order valence-electron chi connectivity index (χ1n) is 8.88. The van der Waals surface area contributed by atoms with Crippen LogP contribution in [0.2, 0.25) is 0 Å². The Bertz CT molecular complexity index is 866. The van der Waals surface area contributed by atoms with Crippen molar-refractivity contribution in [1.82, 2.24) is 9.97 Å². The highest BCUT2D eigenvalue weighted by Crippen LogP contribution is 2.37. The first-order chi connectivity index (χ1) is 12.3. The lowest BCUT2D eigenvalue weighted by molar-refractivity contribution is 0.754. The van der Waals surface area contributed by atoms with E-state index < -0.39 is 0 Å². The molecule has 4 heteroatoms. The molecule has 0 bridgehead atoms. The second-order valence-electron chi connectivity index (χ2n) is 6.43. The van der Waals surface area contributed by atoms with Crippen molar-refractivity contribution in [2.45, 2.75) is 32.1 Å².